The first-order valence-corrected chi connectivity index (χ1v) is 3.32. The zero-order chi connectivity index (χ0) is 10.0. The highest BCUT2D eigenvalue weighted by Gasteiger charge is 2.12. The number of aromatic nitrogens is 1. The molecule has 0 aliphatic carbocycles. The van der Waals surface area contributed by atoms with E-state index in [4.69, 9.17) is 5.73 Å². The smallest absolute Gasteiger partial charge is 0.278 e. The topological polar surface area (TPSA) is 76.0 Å². The number of aldehydes is 1. The number of nitrogen functional groups attached to an aromatic ring is 1. The second kappa shape index (κ2) is 3.34. The standard InChI is InChI=1S/C7H6F2N2O2/c8-6(9)5-1-4(10)3(2-12)7(13)11-5/h1-2,6H,(H3,10,11,13). The van der Waals surface area contributed by atoms with Gasteiger partial charge in [0.15, 0.2) is 6.29 Å². The number of anilines is 1. The highest BCUT2D eigenvalue weighted by molar-refractivity contribution is 5.82. The number of rotatable bonds is 2. The van der Waals surface area contributed by atoms with Crippen LogP contribution in [0.3, 0.4) is 0 Å². The fraction of sp³-hybridized carbons (Fsp3) is 0.143. The van der Waals surface area contributed by atoms with Crippen LogP contribution in [0.4, 0.5) is 14.5 Å². The van der Waals surface area contributed by atoms with Crippen molar-refractivity contribution in [3.8, 4) is 0 Å². The Labute approximate surface area is 71.4 Å². The van der Waals surface area contributed by atoms with Crippen LogP contribution in [0.15, 0.2) is 10.9 Å². The number of hydrogen-bond donors (Lipinski definition) is 2. The summed E-state index contributed by atoms with van der Waals surface area (Å²) in [6.07, 6.45) is -2.58. The third-order valence-corrected chi connectivity index (χ3v) is 1.48. The van der Waals surface area contributed by atoms with Crippen molar-refractivity contribution in [1.29, 1.82) is 0 Å². The summed E-state index contributed by atoms with van der Waals surface area (Å²) in [5, 5.41) is 0. The van der Waals surface area contributed by atoms with Crippen molar-refractivity contribution in [2.75, 3.05) is 5.73 Å². The molecule has 1 rings (SSSR count). The Morgan fingerprint density at radius 1 is 1.54 bits per heavy atom. The summed E-state index contributed by atoms with van der Waals surface area (Å²) >= 11 is 0. The lowest BCUT2D eigenvalue weighted by atomic mass is 10.2. The van der Waals surface area contributed by atoms with Crippen LogP contribution in [0.25, 0.3) is 0 Å². The molecule has 1 aromatic heterocycles. The molecule has 0 amide bonds. The van der Waals surface area contributed by atoms with Crippen molar-refractivity contribution in [2.45, 2.75) is 6.43 Å². The molecule has 0 aliphatic rings. The first kappa shape index (κ1) is 9.37. The van der Waals surface area contributed by atoms with Gasteiger partial charge >= 0.3 is 0 Å². The van der Waals surface area contributed by atoms with E-state index in [0.717, 1.165) is 6.07 Å². The molecule has 0 radical (unpaired) electrons. The lowest BCUT2D eigenvalue weighted by molar-refractivity contribution is 0.112. The van der Waals surface area contributed by atoms with Crippen LogP contribution in [0.2, 0.25) is 0 Å². The summed E-state index contributed by atoms with van der Waals surface area (Å²) in [6.45, 7) is 0. The molecule has 0 atom stereocenters. The van der Waals surface area contributed by atoms with Crippen LogP contribution in [-0.2, 0) is 0 Å². The summed E-state index contributed by atoms with van der Waals surface area (Å²) in [5.74, 6) is 0. The Bertz CT molecular complexity index is 387. The van der Waals surface area contributed by atoms with Crippen LogP contribution in [0.5, 0.6) is 0 Å². The third-order valence-electron chi connectivity index (χ3n) is 1.48. The molecule has 1 aromatic rings. The van der Waals surface area contributed by atoms with Gasteiger partial charge in [0.2, 0.25) is 0 Å². The van der Waals surface area contributed by atoms with Crippen molar-refractivity contribution in [3.05, 3.63) is 27.7 Å². The summed E-state index contributed by atoms with van der Waals surface area (Å²) in [7, 11) is 0. The lowest BCUT2D eigenvalue weighted by Gasteiger charge is -2.02. The second-order valence-electron chi connectivity index (χ2n) is 2.34. The average Bonchev–Trinajstić information content (AvgIpc) is 2.03. The molecule has 0 fully saturated rings. The van der Waals surface area contributed by atoms with Gasteiger partial charge < -0.3 is 10.7 Å². The second-order valence-corrected chi connectivity index (χ2v) is 2.34. The van der Waals surface area contributed by atoms with Gasteiger partial charge in [-0.1, -0.05) is 0 Å². The summed E-state index contributed by atoms with van der Waals surface area (Å²) in [6, 6.07) is 0.871. The van der Waals surface area contributed by atoms with Gasteiger partial charge in [-0.25, -0.2) is 8.78 Å². The van der Waals surface area contributed by atoms with E-state index < -0.39 is 17.7 Å². The van der Waals surface area contributed by atoms with Gasteiger partial charge in [0.1, 0.15) is 5.56 Å². The number of halogens is 2. The summed E-state index contributed by atoms with van der Waals surface area (Å²) < 4.78 is 24.1. The third kappa shape index (κ3) is 1.71. The van der Waals surface area contributed by atoms with Crippen LogP contribution in [0.1, 0.15) is 22.5 Å². The van der Waals surface area contributed by atoms with Crippen molar-refractivity contribution >= 4 is 12.0 Å². The molecule has 70 valence electrons. The van der Waals surface area contributed by atoms with Crippen LogP contribution < -0.4 is 11.3 Å². The molecule has 4 nitrogen and oxygen atoms in total. The molecule has 0 saturated heterocycles. The molecule has 0 bridgehead atoms. The molecule has 6 heteroatoms. The normalized spacial score (nSPS) is 10.4. The van der Waals surface area contributed by atoms with E-state index >= 15 is 0 Å². The predicted molar refractivity (Wildman–Crippen MR) is 41.8 cm³/mol. The molecule has 3 N–H and O–H groups in total. The summed E-state index contributed by atoms with van der Waals surface area (Å²) in [5.41, 5.74) is 3.13. The van der Waals surface area contributed by atoms with Crippen molar-refractivity contribution in [1.82, 2.24) is 4.98 Å². The molecule has 0 unspecified atom stereocenters. The maximum atomic E-state index is 12.0. The molecule has 0 aliphatic heterocycles. The van der Waals surface area contributed by atoms with E-state index in [2.05, 4.69) is 0 Å². The molecule has 1 heterocycles. The van der Waals surface area contributed by atoms with Gasteiger partial charge in [-0.2, -0.15) is 0 Å². The minimum absolute atomic E-state index is 0.226. The maximum absolute atomic E-state index is 12.0. The van der Waals surface area contributed by atoms with Gasteiger partial charge in [-0.3, -0.25) is 9.59 Å². The first-order chi connectivity index (χ1) is 6.06. The highest BCUT2D eigenvalue weighted by atomic mass is 19.3. The average molecular weight is 188 g/mol. The van der Waals surface area contributed by atoms with E-state index in [9.17, 15) is 18.4 Å². The van der Waals surface area contributed by atoms with Crippen LogP contribution in [-0.4, -0.2) is 11.3 Å². The molecule has 13 heavy (non-hydrogen) atoms. The molecule has 0 saturated carbocycles. The fourth-order valence-corrected chi connectivity index (χ4v) is 0.850. The Morgan fingerprint density at radius 3 is 2.54 bits per heavy atom. The van der Waals surface area contributed by atoms with Gasteiger partial charge in [0.25, 0.3) is 12.0 Å². The summed E-state index contributed by atoms with van der Waals surface area (Å²) in [4.78, 5) is 23.0. The van der Waals surface area contributed by atoms with Crippen LogP contribution >= 0.6 is 0 Å². The monoisotopic (exact) mass is 188 g/mol. The zero-order valence-corrected chi connectivity index (χ0v) is 6.38. The number of aromatic amines is 1. The van der Waals surface area contributed by atoms with E-state index in [-0.39, 0.29) is 17.5 Å². The minimum atomic E-state index is -2.81. The Hall–Kier alpha value is -1.72. The van der Waals surface area contributed by atoms with E-state index in [0.29, 0.717) is 0 Å². The Balaban J connectivity index is 3.37. The van der Waals surface area contributed by atoms with Crippen molar-refractivity contribution in [2.24, 2.45) is 0 Å². The van der Waals surface area contributed by atoms with Gasteiger partial charge in [-0.15, -0.1) is 0 Å². The van der Waals surface area contributed by atoms with E-state index in [1.165, 1.54) is 0 Å². The molecule has 0 aromatic carbocycles. The number of nitrogens with one attached hydrogen (secondary N) is 1. The van der Waals surface area contributed by atoms with Gasteiger partial charge in [-0.05, 0) is 6.07 Å². The number of hydrogen-bond acceptors (Lipinski definition) is 3. The van der Waals surface area contributed by atoms with Crippen molar-refractivity contribution in [3.63, 3.8) is 0 Å². The molecule has 0 spiro atoms. The number of pyridine rings is 1. The number of carbonyl (C=O) groups excluding carboxylic acids is 1. The SMILES string of the molecule is Nc1cc(C(F)F)[nH]c(=O)c1C=O. The predicted octanol–water partition coefficient (Wildman–Crippen LogP) is 0.707. The van der Waals surface area contributed by atoms with Crippen LogP contribution in [0, 0.1) is 0 Å². The Kier molecular flexibility index (Phi) is 2.41. The van der Waals surface area contributed by atoms with Gasteiger partial charge in [0.05, 0.1) is 5.69 Å². The van der Waals surface area contributed by atoms with E-state index in [1.54, 1.807) is 0 Å². The molecular formula is C7H6F2N2O2. The quantitative estimate of drug-likeness (QED) is 0.671. The first-order valence-electron chi connectivity index (χ1n) is 3.32. The van der Waals surface area contributed by atoms with Gasteiger partial charge in [0, 0.05) is 5.69 Å². The Morgan fingerprint density at radius 2 is 2.15 bits per heavy atom. The largest absolute Gasteiger partial charge is 0.398 e. The molecular weight excluding hydrogens is 182 g/mol. The minimum Gasteiger partial charge on any atom is -0.398 e. The number of nitrogens with two attached hydrogens (primary N) is 1. The van der Waals surface area contributed by atoms with Crippen molar-refractivity contribution < 1.29 is 13.6 Å². The maximum Gasteiger partial charge on any atom is 0.278 e. The highest BCUT2D eigenvalue weighted by Crippen LogP contribution is 2.17. The zero-order valence-electron chi connectivity index (χ0n) is 6.38. The lowest BCUT2D eigenvalue weighted by Crippen LogP contribution is -2.16. The number of H-pyrrole nitrogens is 1. The number of alkyl halides is 2. The number of carbonyl (C=O) groups is 1. The fourth-order valence-electron chi connectivity index (χ4n) is 0.850. The van der Waals surface area contributed by atoms with E-state index in [1.807, 2.05) is 4.98 Å².